The van der Waals surface area contributed by atoms with Gasteiger partial charge in [-0.05, 0) is 30.9 Å². The van der Waals surface area contributed by atoms with Crippen molar-refractivity contribution in [2.24, 2.45) is 0 Å². The Morgan fingerprint density at radius 1 is 0.511 bits per heavy atom. The van der Waals surface area contributed by atoms with Crippen LogP contribution < -0.4 is 8.38 Å². The third kappa shape index (κ3) is 26.7. The van der Waals surface area contributed by atoms with Gasteiger partial charge in [0.25, 0.3) is 5.91 Å². The summed E-state index contributed by atoms with van der Waals surface area (Å²) < 4.78 is 5.72. The van der Waals surface area contributed by atoms with Gasteiger partial charge in [-0.1, -0.05) is 219 Å². The summed E-state index contributed by atoms with van der Waals surface area (Å²) in [6.07, 6.45) is 45.0. The second kappa shape index (κ2) is 35.1. The summed E-state index contributed by atoms with van der Waals surface area (Å²) in [6, 6.07) is 6.06. The highest BCUT2D eigenvalue weighted by Gasteiger charge is 2.16. The van der Waals surface area contributed by atoms with E-state index in [1.807, 2.05) is 35.1 Å². The second-order valence-corrected chi connectivity index (χ2v) is 14.9. The lowest BCUT2D eigenvalue weighted by Gasteiger charge is -2.12. The molecule has 0 radical (unpaired) electrons. The van der Waals surface area contributed by atoms with Gasteiger partial charge in [-0.3, -0.25) is 4.79 Å². The van der Waals surface area contributed by atoms with Crippen molar-refractivity contribution in [2.75, 3.05) is 6.54 Å². The van der Waals surface area contributed by atoms with Gasteiger partial charge in [0.15, 0.2) is 23.0 Å². The molecule has 3 nitrogen and oxygen atoms in total. The highest BCUT2D eigenvalue weighted by molar-refractivity contribution is 14.1. The molecular weight excluding hydrogens is 689 g/mol. The number of aryl methyl sites for hydroxylation is 1. The molecule has 1 aromatic carbocycles. The first-order valence-corrected chi connectivity index (χ1v) is 21.8. The van der Waals surface area contributed by atoms with Crippen LogP contribution in [0.4, 0.5) is 0 Å². The molecule has 0 unspecified atom stereocenters. The molecule has 0 saturated carbocycles. The van der Waals surface area contributed by atoms with Gasteiger partial charge in [0, 0.05) is 6.54 Å². The standard InChI is InChI=1S/C43H78INO2/c1-3-5-7-9-11-13-15-17-19-21-23-25-27-29-31-33-36-40-37-35-38-41(42(40)47-44)43(46)45-39-34-32-30-28-26-24-22-20-18-16-14-12-10-8-6-4-2/h35,37-38H,3-34,36,39H2,1-2H3,(H,45,46). The predicted octanol–water partition coefficient (Wildman–Crippen LogP) is 15.2. The Bertz CT molecular complexity index is 813. The molecule has 47 heavy (non-hydrogen) atoms. The lowest BCUT2D eigenvalue weighted by molar-refractivity contribution is 0.0951. The zero-order chi connectivity index (χ0) is 33.9. The first-order valence-electron chi connectivity index (χ1n) is 20.9. The van der Waals surface area contributed by atoms with Crippen LogP contribution in [0.3, 0.4) is 0 Å². The van der Waals surface area contributed by atoms with E-state index in [0.717, 1.165) is 31.6 Å². The van der Waals surface area contributed by atoms with Gasteiger partial charge in [-0.2, -0.15) is 0 Å². The van der Waals surface area contributed by atoms with E-state index in [4.69, 9.17) is 3.07 Å². The van der Waals surface area contributed by atoms with E-state index in [9.17, 15) is 4.79 Å². The Balaban J connectivity index is 2.03. The number of benzene rings is 1. The minimum Gasteiger partial charge on any atom is -0.427 e. The van der Waals surface area contributed by atoms with Gasteiger partial charge in [0.1, 0.15) is 5.75 Å². The maximum Gasteiger partial charge on any atom is 0.255 e. The van der Waals surface area contributed by atoms with E-state index in [2.05, 4.69) is 25.2 Å². The molecule has 4 heteroatoms. The van der Waals surface area contributed by atoms with E-state index in [1.54, 1.807) is 0 Å². The van der Waals surface area contributed by atoms with Crippen molar-refractivity contribution in [2.45, 2.75) is 226 Å². The van der Waals surface area contributed by atoms with E-state index in [-0.39, 0.29) is 5.91 Å². The number of carbonyl (C=O) groups is 1. The Morgan fingerprint density at radius 2 is 0.851 bits per heavy atom. The minimum absolute atomic E-state index is 0.00597. The summed E-state index contributed by atoms with van der Waals surface area (Å²) in [5.74, 6) is 0.769. The summed E-state index contributed by atoms with van der Waals surface area (Å²) in [7, 11) is 0. The summed E-state index contributed by atoms with van der Waals surface area (Å²) in [4.78, 5) is 13.0. The normalized spacial score (nSPS) is 11.3. The van der Waals surface area contributed by atoms with Crippen molar-refractivity contribution in [3.8, 4) is 5.75 Å². The molecule has 0 aromatic heterocycles. The zero-order valence-electron chi connectivity index (χ0n) is 31.5. The third-order valence-corrected chi connectivity index (χ3v) is 10.5. The van der Waals surface area contributed by atoms with Crippen molar-refractivity contribution in [3.05, 3.63) is 29.3 Å². The van der Waals surface area contributed by atoms with E-state index in [1.165, 1.54) is 198 Å². The Hall–Kier alpha value is -0.780. The molecule has 1 amide bonds. The Labute approximate surface area is 308 Å². The van der Waals surface area contributed by atoms with Crippen LogP contribution in [0.1, 0.15) is 235 Å². The van der Waals surface area contributed by atoms with Crippen LogP contribution in [0.2, 0.25) is 0 Å². The van der Waals surface area contributed by atoms with Crippen LogP contribution in [-0.4, -0.2) is 12.5 Å². The minimum atomic E-state index is 0.00597. The van der Waals surface area contributed by atoms with Crippen LogP contribution in [0.25, 0.3) is 0 Å². The number of hydrogen-bond donors (Lipinski definition) is 1. The SMILES string of the molecule is CCCCCCCCCCCCCCCCCCNC(=O)c1cccc(CCCCCCCCCCCCCCCCCC)c1OI. The average Bonchev–Trinajstić information content (AvgIpc) is 3.09. The monoisotopic (exact) mass is 768 g/mol. The quantitative estimate of drug-likeness (QED) is 0.0545. The van der Waals surface area contributed by atoms with Crippen molar-refractivity contribution < 1.29 is 7.86 Å². The van der Waals surface area contributed by atoms with Crippen LogP contribution in [0.15, 0.2) is 18.2 Å². The fourth-order valence-corrected chi connectivity index (χ4v) is 7.41. The van der Waals surface area contributed by atoms with Gasteiger partial charge in [-0.25, -0.2) is 0 Å². The van der Waals surface area contributed by atoms with E-state index >= 15 is 0 Å². The molecule has 1 aromatic rings. The zero-order valence-corrected chi connectivity index (χ0v) is 33.6. The summed E-state index contributed by atoms with van der Waals surface area (Å²) >= 11 is 1.94. The van der Waals surface area contributed by atoms with Crippen molar-refractivity contribution >= 4 is 28.9 Å². The molecular formula is C43H78INO2. The highest BCUT2D eigenvalue weighted by atomic mass is 127. The first kappa shape index (κ1) is 44.2. The van der Waals surface area contributed by atoms with Crippen LogP contribution in [0.5, 0.6) is 5.75 Å². The maximum atomic E-state index is 13.0. The molecule has 1 N–H and O–H groups in total. The molecule has 0 fully saturated rings. The Morgan fingerprint density at radius 3 is 1.21 bits per heavy atom. The van der Waals surface area contributed by atoms with Gasteiger partial charge in [0.05, 0.1) is 5.56 Å². The van der Waals surface area contributed by atoms with E-state index in [0.29, 0.717) is 5.56 Å². The fraction of sp³-hybridized carbons (Fsp3) is 0.837. The molecule has 0 saturated heterocycles. The summed E-state index contributed by atoms with van der Waals surface area (Å²) in [5, 5.41) is 3.15. The van der Waals surface area contributed by atoms with Crippen LogP contribution in [-0.2, 0) is 6.42 Å². The smallest absolute Gasteiger partial charge is 0.255 e. The lowest BCUT2D eigenvalue weighted by atomic mass is 10.0. The number of halogens is 1. The number of para-hydroxylation sites is 1. The topological polar surface area (TPSA) is 38.3 Å². The van der Waals surface area contributed by atoms with Gasteiger partial charge >= 0.3 is 0 Å². The third-order valence-electron chi connectivity index (χ3n) is 10.0. The lowest BCUT2D eigenvalue weighted by Crippen LogP contribution is -2.25. The van der Waals surface area contributed by atoms with Crippen LogP contribution in [0, 0.1) is 0 Å². The number of amides is 1. The summed E-state index contributed by atoms with van der Waals surface area (Å²) in [5.41, 5.74) is 1.85. The molecule has 274 valence electrons. The van der Waals surface area contributed by atoms with Crippen molar-refractivity contribution in [1.82, 2.24) is 5.32 Å². The average molecular weight is 768 g/mol. The largest absolute Gasteiger partial charge is 0.427 e. The predicted molar refractivity (Wildman–Crippen MR) is 216 cm³/mol. The summed E-state index contributed by atoms with van der Waals surface area (Å²) in [6.45, 7) is 5.34. The molecule has 1 rings (SSSR count). The van der Waals surface area contributed by atoms with Crippen molar-refractivity contribution in [3.63, 3.8) is 0 Å². The molecule has 0 aliphatic carbocycles. The number of nitrogens with one attached hydrogen (secondary N) is 1. The molecule has 0 bridgehead atoms. The number of hydrogen-bond acceptors (Lipinski definition) is 2. The molecule has 0 heterocycles. The van der Waals surface area contributed by atoms with Gasteiger partial charge < -0.3 is 8.38 Å². The van der Waals surface area contributed by atoms with E-state index < -0.39 is 0 Å². The molecule has 0 spiro atoms. The number of unbranched alkanes of at least 4 members (excludes halogenated alkanes) is 30. The highest BCUT2D eigenvalue weighted by Crippen LogP contribution is 2.28. The Kier molecular flexibility index (Phi) is 33.0. The van der Waals surface area contributed by atoms with Crippen molar-refractivity contribution in [1.29, 1.82) is 0 Å². The maximum absolute atomic E-state index is 13.0. The van der Waals surface area contributed by atoms with Gasteiger partial charge in [0.2, 0.25) is 0 Å². The fourth-order valence-electron chi connectivity index (χ4n) is 6.89. The number of rotatable bonds is 36. The molecule has 0 aliphatic rings. The first-order chi connectivity index (χ1) is 23.2. The van der Waals surface area contributed by atoms with Crippen LogP contribution >= 0.6 is 23.0 Å². The van der Waals surface area contributed by atoms with Gasteiger partial charge in [-0.15, -0.1) is 0 Å². The number of carbonyl (C=O) groups excluding carboxylic acids is 1. The molecule has 0 aliphatic heterocycles. The molecule has 0 atom stereocenters. The second-order valence-electron chi connectivity index (χ2n) is 14.5.